The number of aliphatic hydroxyl groups excluding tert-OH is 2. The molecule has 5 N–H and O–H groups in total. The summed E-state index contributed by atoms with van der Waals surface area (Å²) in [6.07, 6.45) is -8.52. The molecule has 2 aromatic heterocycles. The lowest BCUT2D eigenvalue weighted by molar-refractivity contribution is -0.135. The van der Waals surface area contributed by atoms with Gasteiger partial charge in [0.15, 0.2) is 23.2 Å². The third-order valence-corrected chi connectivity index (χ3v) is 8.32. The lowest BCUT2D eigenvalue weighted by Crippen LogP contribution is -2.33. The van der Waals surface area contributed by atoms with E-state index in [9.17, 15) is 37.4 Å². The minimum absolute atomic E-state index is 0.0921. The van der Waals surface area contributed by atoms with Crippen LogP contribution in [0.15, 0.2) is 6.33 Å². The Morgan fingerprint density at radius 3 is 2.58 bits per heavy atom. The molecule has 1 aliphatic heterocycles. The largest absolute Gasteiger partial charge is 0.479 e. The van der Waals surface area contributed by atoms with Crippen LogP contribution in [0.25, 0.3) is 11.2 Å². The van der Waals surface area contributed by atoms with E-state index in [0.717, 1.165) is 0 Å². The molecule has 2 aromatic rings. The molecule has 0 saturated carbocycles. The van der Waals surface area contributed by atoms with E-state index in [4.69, 9.17) is 9.63 Å². The van der Waals surface area contributed by atoms with Crippen LogP contribution in [0.2, 0.25) is 0 Å². The smallest absolute Gasteiger partial charge is 0.387 e. The molecule has 0 radical (unpaired) electrons. The molecule has 38 heavy (non-hydrogen) atoms. The summed E-state index contributed by atoms with van der Waals surface area (Å²) in [5.74, 6) is 1.06. The van der Waals surface area contributed by atoms with Crippen molar-refractivity contribution >= 4 is 44.2 Å². The van der Waals surface area contributed by atoms with Crippen molar-refractivity contribution < 1.29 is 55.9 Å². The highest BCUT2D eigenvalue weighted by Crippen LogP contribution is 2.58. The summed E-state index contributed by atoms with van der Waals surface area (Å²) >= 11 is 1.56. The van der Waals surface area contributed by atoms with Crippen LogP contribution in [-0.2, 0) is 29.1 Å². The van der Waals surface area contributed by atoms with Gasteiger partial charge in [-0.3, -0.25) is 13.7 Å². The average molecular weight is 609 g/mol. The van der Waals surface area contributed by atoms with E-state index in [1.165, 1.54) is 10.9 Å². The maximum atomic E-state index is 12.6. The van der Waals surface area contributed by atoms with Crippen molar-refractivity contribution in [3.63, 3.8) is 0 Å². The van der Waals surface area contributed by atoms with Gasteiger partial charge in [-0.15, -0.1) is 0 Å². The van der Waals surface area contributed by atoms with Crippen molar-refractivity contribution in [2.24, 2.45) is 0 Å². The van der Waals surface area contributed by atoms with Gasteiger partial charge in [-0.2, -0.15) is 24.9 Å². The maximum absolute atomic E-state index is 12.6. The molecule has 6 atom stereocenters. The highest BCUT2D eigenvalue weighted by Gasteiger charge is 2.46. The molecular formula is C18H28F3N5O9P2S. The van der Waals surface area contributed by atoms with Gasteiger partial charge in [0.1, 0.15) is 24.1 Å². The van der Waals surface area contributed by atoms with Crippen molar-refractivity contribution in [2.75, 3.05) is 37.1 Å². The number of nitrogens with one attached hydrogen (secondary N) is 1. The summed E-state index contributed by atoms with van der Waals surface area (Å²) < 4.78 is 76.6. The second-order valence-electron chi connectivity index (χ2n) is 8.40. The Balaban J connectivity index is 1.84. The van der Waals surface area contributed by atoms with Gasteiger partial charge in [-0.1, -0.05) is 0 Å². The molecule has 0 bridgehead atoms. The standard InChI is InChI=1S/C18H28F3N5O9P2S/c1-36(29,30)35-37(31,32)33-8-10-13(27)14(28)17(34-10)26-9-23-12-15(22-6-7-38-2)24-11(25-16(12)26)4-3-5-18(19,20)21/h9-10,13-14,17,27-28H,3-8H2,1-2H3,(H,29,30)(H,31,32)(H,22,24,25)/t10-,13-,14-,17-/m1/s1. The van der Waals surface area contributed by atoms with E-state index >= 15 is 0 Å². The lowest BCUT2D eigenvalue weighted by atomic mass is 10.1. The Morgan fingerprint density at radius 2 is 1.95 bits per heavy atom. The Labute approximate surface area is 219 Å². The number of imidazole rings is 1. The number of thioether (sulfide) groups is 1. The number of ether oxygens (including phenoxy) is 1. The minimum Gasteiger partial charge on any atom is -0.387 e. The second kappa shape index (κ2) is 12.5. The number of halogens is 3. The van der Waals surface area contributed by atoms with Crippen LogP contribution in [0.1, 0.15) is 24.9 Å². The molecule has 3 heterocycles. The molecule has 2 unspecified atom stereocenters. The number of phosphoric acid groups is 1. The summed E-state index contributed by atoms with van der Waals surface area (Å²) in [4.78, 5) is 31.6. The van der Waals surface area contributed by atoms with E-state index in [1.54, 1.807) is 11.8 Å². The average Bonchev–Trinajstić information content (AvgIpc) is 3.31. The zero-order valence-electron chi connectivity index (χ0n) is 20.2. The molecule has 3 rings (SSSR count). The van der Waals surface area contributed by atoms with E-state index in [-0.39, 0.29) is 35.6 Å². The molecule has 20 heteroatoms. The fourth-order valence-corrected chi connectivity index (χ4v) is 5.94. The molecule has 216 valence electrons. The third-order valence-electron chi connectivity index (χ3n) is 5.19. The topological polar surface area (TPSA) is 198 Å². The molecule has 0 spiro atoms. The molecule has 1 aliphatic rings. The van der Waals surface area contributed by atoms with Gasteiger partial charge >= 0.3 is 21.6 Å². The van der Waals surface area contributed by atoms with Crippen LogP contribution in [-0.4, -0.2) is 95.8 Å². The van der Waals surface area contributed by atoms with Crippen LogP contribution >= 0.6 is 27.2 Å². The summed E-state index contributed by atoms with van der Waals surface area (Å²) in [5, 5.41) is 24.1. The van der Waals surface area contributed by atoms with Gasteiger partial charge < -0.3 is 30.1 Å². The van der Waals surface area contributed by atoms with Crippen molar-refractivity contribution in [1.29, 1.82) is 0 Å². The quantitative estimate of drug-likeness (QED) is 0.163. The maximum Gasteiger partial charge on any atom is 0.479 e. The molecular weight excluding hydrogens is 581 g/mol. The second-order valence-corrected chi connectivity index (χ2v) is 12.8. The number of anilines is 1. The van der Waals surface area contributed by atoms with Gasteiger partial charge in [0.25, 0.3) is 0 Å². The number of nitrogens with zero attached hydrogens (tertiary/aromatic N) is 4. The first-order chi connectivity index (χ1) is 17.6. The van der Waals surface area contributed by atoms with Crippen molar-refractivity contribution in [2.45, 2.75) is 50.0 Å². The number of rotatable bonds is 13. The van der Waals surface area contributed by atoms with E-state index in [0.29, 0.717) is 19.0 Å². The van der Waals surface area contributed by atoms with Gasteiger partial charge in [0.05, 0.1) is 12.9 Å². The number of hydrogen-bond acceptors (Lipinski definition) is 12. The first-order valence-corrected chi connectivity index (χ1v) is 16.0. The predicted molar refractivity (Wildman–Crippen MR) is 130 cm³/mol. The zero-order chi connectivity index (χ0) is 28.3. The number of aryl methyl sites for hydroxylation is 1. The van der Waals surface area contributed by atoms with Gasteiger partial charge in [0, 0.05) is 31.8 Å². The molecule has 1 saturated heterocycles. The molecule has 0 aromatic carbocycles. The fourth-order valence-electron chi connectivity index (χ4n) is 3.58. The van der Waals surface area contributed by atoms with Crippen LogP contribution in [0, 0.1) is 0 Å². The van der Waals surface area contributed by atoms with Crippen LogP contribution in [0.4, 0.5) is 19.0 Å². The van der Waals surface area contributed by atoms with Crippen LogP contribution in [0.5, 0.6) is 0 Å². The van der Waals surface area contributed by atoms with Gasteiger partial charge in [-0.25, -0.2) is 23.8 Å². The fraction of sp³-hybridized carbons (Fsp3) is 0.722. The highest BCUT2D eigenvalue weighted by atomic mass is 32.2. The Morgan fingerprint density at radius 1 is 1.24 bits per heavy atom. The molecule has 0 amide bonds. The number of phosphoric ester groups is 1. The normalized spacial score (nSPS) is 25.4. The number of aliphatic hydroxyl groups is 2. The van der Waals surface area contributed by atoms with Gasteiger partial charge in [-0.05, 0) is 12.7 Å². The number of aromatic nitrogens is 4. The van der Waals surface area contributed by atoms with E-state index < -0.39 is 59.2 Å². The van der Waals surface area contributed by atoms with E-state index in [1.807, 2.05) is 6.26 Å². The highest BCUT2D eigenvalue weighted by molar-refractivity contribution is 7.98. The zero-order valence-corrected chi connectivity index (χ0v) is 22.8. The lowest BCUT2D eigenvalue weighted by Gasteiger charge is -2.18. The van der Waals surface area contributed by atoms with Crippen molar-refractivity contribution in [3.05, 3.63) is 12.2 Å². The molecule has 0 aliphatic carbocycles. The molecule has 14 nitrogen and oxygen atoms in total. The first-order valence-electron chi connectivity index (χ1n) is 11.1. The Kier molecular flexibility index (Phi) is 10.2. The predicted octanol–water partition coefficient (Wildman–Crippen LogP) is 2.05. The van der Waals surface area contributed by atoms with E-state index in [2.05, 4.69) is 29.1 Å². The monoisotopic (exact) mass is 609 g/mol. The summed E-state index contributed by atoms with van der Waals surface area (Å²) in [6.45, 7) is 0.354. The Bertz CT molecular complexity index is 1200. The Hall–Kier alpha value is -1.33. The number of fused-ring (bicyclic) bond motifs is 1. The van der Waals surface area contributed by atoms with Crippen LogP contribution < -0.4 is 5.32 Å². The minimum atomic E-state index is -5.00. The summed E-state index contributed by atoms with van der Waals surface area (Å²) in [6, 6.07) is 0. The SMILES string of the molecule is CSCCNc1nc(CCCC(F)(F)F)nc2c1ncn2[C@@H]1O[C@H](COP(=O)(O)OP(C)(=O)O)[C@@H](O)[C@H]1O. The summed E-state index contributed by atoms with van der Waals surface area (Å²) in [7, 11) is -9.38. The molecule has 1 fully saturated rings. The van der Waals surface area contributed by atoms with Crippen molar-refractivity contribution in [3.8, 4) is 0 Å². The summed E-state index contributed by atoms with van der Waals surface area (Å²) in [5.41, 5.74) is 0.348. The number of hydrogen-bond donors (Lipinski definition) is 5. The third kappa shape index (κ3) is 8.58. The first kappa shape index (κ1) is 31.2. The number of alkyl halides is 3. The van der Waals surface area contributed by atoms with Crippen LogP contribution in [0.3, 0.4) is 0 Å². The van der Waals surface area contributed by atoms with Crippen molar-refractivity contribution in [1.82, 2.24) is 19.5 Å². The van der Waals surface area contributed by atoms with Gasteiger partial charge in [0.2, 0.25) is 0 Å².